The summed E-state index contributed by atoms with van der Waals surface area (Å²) in [4.78, 5) is 10.8. The third-order valence-electron chi connectivity index (χ3n) is 2.26. The molecule has 0 amide bonds. The minimum atomic E-state index is -1.16. The molecule has 0 aliphatic carbocycles. The Labute approximate surface area is 98.9 Å². The van der Waals surface area contributed by atoms with Gasteiger partial charge < -0.3 is 16.2 Å². The van der Waals surface area contributed by atoms with E-state index in [-0.39, 0.29) is 16.8 Å². The van der Waals surface area contributed by atoms with Crippen LogP contribution in [0.5, 0.6) is 0 Å². The molecule has 1 rings (SSSR count). The van der Waals surface area contributed by atoms with E-state index in [0.717, 1.165) is 19.0 Å². The number of nitrogens with one attached hydrogen (secondary N) is 1. The number of benzene rings is 1. The number of nitrogen functional groups attached to an aromatic ring is 1. The van der Waals surface area contributed by atoms with Gasteiger partial charge in [-0.2, -0.15) is 0 Å². The number of halogens is 1. The van der Waals surface area contributed by atoms with Crippen LogP contribution in [0.3, 0.4) is 0 Å². The van der Waals surface area contributed by atoms with Crippen LogP contribution in [0, 0.1) is 5.82 Å². The zero-order valence-electron chi connectivity index (χ0n) is 9.53. The van der Waals surface area contributed by atoms with Gasteiger partial charge in [-0.3, -0.25) is 0 Å². The number of aromatic carboxylic acids is 1. The third-order valence-corrected chi connectivity index (χ3v) is 2.26. The molecule has 1 aromatic carbocycles. The molecule has 92 valence electrons. The molecule has 0 radical (unpaired) electrons. The topological polar surface area (TPSA) is 75.3 Å². The maximum atomic E-state index is 13.5. The second-order valence-electron chi connectivity index (χ2n) is 3.56. The monoisotopic (exact) mass is 238 g/mol. The zero-order chi connectivity index (χ0) is 12.8. The fraction of sp³-hybridized carbons (Fsp3) is 0.250. The highest BCUT2D eigenvalue weighted by Gasteiger charge is 2.11. The van der Waals surface area contributed by atoms with Crippen molar-refractivity contribution in [1.29, 1.82) is 0 Å². The molecular weight excluding hydrogens is 223 g/mol. The molecule has 0 bridgehead atoms. The van der Waals surface area contributed by atoms with Crippen LogP contribution in [-0.2, 0) is 0 Å². The van der Waals surface area contributed by atoms with Gasteiger partial charge >= 0.3 is 5.97 Å². The number of nitrogens with two attached hydrogens (primary N) is 1. The van der Waals surface area contributed by atoms with Crippen molar-refractivity contribution >= 4 is 17.7 Å². The third kappa shape index (κ3) is 3.57. The van der Waals surface area contributed by atoms with Crippen molar-refractivity contribution in [1.82, 2.24) is 5.32 Å². The van der Waals surface area contributed by atoms with Gasteiger partial charge in [0.25, 0.3) is 0 Å². The molecular formula is C12H15FN2O2. The van der Waals surface area contributed by atoms with Gasteiger partial charge in [-0.05, 0) is 32.1 Å². The Bertz CT molecular complexity index is 444. The number of anilines is 1. The van der Waals surface area contributed by atoms with Crippen LogP contribution >= 0.6 is 0 Å². The molecule has 0 aromatic heterocycles. The van der Waals surface area contributed by atoms with Crippen LogP contribution in [0.1, 0.15) is 22.3 Å². The van der Waals surface area contributed by atoms with E-state index in [1.165, 1.54) is 6.07 Å². The molecule has 17 heavy (non-hydrogen) atoms. The lowest BCUT2D eigenvalue weighted by Crippen LogP contribution is -2.06. The molecule has 0 saturated heterocycles. The molecule has 0 aliphatic heterocycles. The summed E-state index contributed by atoms with van der Waals surface area (Å²) in [7, 11) is 1.82. The number of carboxylic acids is 1. The Kier molecular flexibility index (Phi) is 4.66. The van der Waals surface area contributed by atoms with Crippen LogP contribution in [0.25, 0.3) is 6.08 Å². The molecule has 5 heteroatoms. The first-order valence-corrected chi connectivity index (χ1v) is 5.19. The molecule has 0 unspecified atom stereocenters. The summed E-state index contributed by atoms with van der Waals surface area (Å²) >= 11 is 0. The standard InChI is InChI=1S/C12H15FN2O2/c1-15-5-3-2-4-8-6-9(12(16)17)11(14)7-10(8)13/h2,4,6-7,15H,3,5,14H2,1H3,(H,16,17). The van der Waals surface area contributed by atoms with E-state index in [4.69, 9.17) is 10.8 Å². The van der Waals surface area contributed by atoms with E-state index in [9.17, 15) is 9.18 Å². The van der Waals surface area contributed by atoms with E-state index in [0.29, 0.717) is 0 Å². The molecule has 0 heterocycles. The average Bonchev–Trinajstić information content (AvgIpc) is 2.26. The van der Waals surface area contributed by atoms with Gasteiger partial charge in [-0.15, -0.1) is 0 Å². The molecule has 0 aliphatic rings. The molecule has 1 aromatic rings. The van der Waals surface area contributed by atoms with Gasteiger partial charge in [0.1, 0.15) is 5.82 Å². The number of hydrogen-bond donors (Lipinski definition) is 3. The van der Waals surface area contributed by atoms with Crippen molar-refractivity contribution in [3.05, 3.63) is 35.2 Å². The van der Waals surface area contributed by atoms with Gasteiger partial charge in [-0.1, -0.05) is 12.2 Å². The van der Waals surface area contributed by atoms with Crippen LogP contribution in [-0.4, -0.2) is 24.7 Å². The Morgan fingerprint density at radius 1 is 1.59 bits per heavy atom. The van der Waals surface area contributed by atoms with Crippen molar-refractivity contribution < 1.29 is 14.3 Å². The smallest absolute Gasteiger partial charge is 0.337 e. The molecule has 0 fully saturated rings. The highest BCUT2D eigenvalue weighted by atomic mass is 19.1. The molecule has 0 atom stereocenters. The number of carbonyl (C=O) groups is 1. The Morgan fingerprint density at radius 3 is 2.88 bits per heavy atom. The van der Waals surface area contributed by atoms with E-state index < -0.39 is 11.8 Å². The van der Waals surface area contributed by atoms with Crippen LogP contribution < -0.4 is 11.1 Å². The van der Waals surface area contributed by atoms with Gasteiger partial charge in [0, 0.05) is 11.3 Å². The Balaban J connectivity index is 2.95. The van der Waals surface area contributed by atoms with Gasteiger partial charge in [0.2, 0.25) is 0 Å². The Hall–Kier alpha value is -1.88. The summed E-state index contributed by atoms with van der Waals surface area (Å²) in [5.41, 5.74) is 5.49. The minimum absolute atomic E-state index is 0.0672. The first-order chi connectivity index (χ1) is 8.06. The van der Waals surface area contributed by atoms with Crippen LogP contribution in [0.15, 0.2) is 18.2 Å². The van der Waals surface area contributed by atoms with E-state index in [1.807, 2.05) is 7.05 Å². The molecule has 4 nitrogen and oxygen atoms in total. The lowest BCUT2D eigenvalue weighted by atomic mass is 10.1. The summed E-state index contributed by atoms with van der Waals surface area (Å²) in [6, 6.07) is 2.27. The van der Waals surface area contributed by atoms with Crippen molar-refractivity contribution in [3.8, 4) is 0 Å². The van der Waals surface area contributed by atoms with Crippen molar-refractivity contribution in [3.63, 3.8) is 0 Å². The fourth-order valence-corrected chi connectivity index (χ4v) is 1.36. The predicted molar refractivity (Wildman–Crippen MR) is 65.3 cm³/mol. The van der Waals surface area contributed by atoms with Crippen molar-refractivity contribution in [2.24, 2.45) is 0 Å². The van der Waals surface area contributed by atoms with Gasteiger partial charge in [0.05, 0.1) is 5.56 Å². The highest BCUT2D eigenvalue weighted by molar-refractivity contribution is 5.94. The van der Waals surface area contributed by atoms with E-state index in [1.54, 1.807) is 12.2 Å². The lowest BCUT2D eigenvalue weighted by molar-refractivity contribution is 0.0698. The number of rotatable bonds is 5. The highest BCUT2D eigenvalue weighted by Crippen LogP contribution is 2.19. The second kappa shape index (κ2) is 6.00. The largest absolute Gasteiger partial charge is 0.478 e. The lowest BCUT2D eigenvalue weighted by Gasteiger charge is -2.04. The van der Waals surface area contributed by atoms with Gasteiger partial charge in [0.15, 0.2) is 0 Å². The van der Waals surface area contributed by atoms with Crippen LogP contribution in [0.4, 0.5) is 10.1 Å². The van der Waals surface area contributed by atoms with E-state index >= 15 is 0 Å². The Morgan fingerprint density at radius 2 is 2.29 bits per heavy atom. The average molecular weight is 238 g/mol. The fourth-order valence-electron chi connectivity index (χ4n) is 1.36. The maximum Gasteiger partial charge on any atom is 0.337 e. The summed E-state index contributed by atoms with van der Waals surface area (Å²) in [6.45, 7) is 0.777. The molecule has 0 saturated carbocycles. The predicted octanol–water partition coefficient (Wildman–Crippen LogP) is 1.73. The molecule has 4 N–H and O–H groups in total. The minimum Gasteiger partial charge on any atom is -0.478 e. The van der Waals surface area contributed by atoms with Gasteiger partial charge in [-0.25, -0.2) is 9.18 Å². The number of carboxylic acid groups (broad SMARTS) is 1. The SMILES string of the molecule is CNCCC=Cc1cc(C(=O)O)c(N)cc1F. The zero-order valence-corrected chi connectivity index (χ0v) is 9.53. The van der Waals surface area contributed by atoms with E-state index in [2.05, 4.69) is 5.32 Å². The quantitative estimate of drug-likeness (QED) is 0.539. The summed E-state index contributed by atoms with van der Waals surface area (Å²) in [5, 5.41) is 11.8. The number of hydrogen-bond acceptors (Lipinski definition) is 3. The summed E-state index contributed by atoms with van der Waals surface area (Å²) in [5.74, 6) is -1.68. The second-order valence-corrected chi connectivity index (χ2v) is 3.56. The maximum absolute atomic E-state index is 13.5. The normalized spacial score (nSPS) is 10.9. The first-order valence-electron chi connectivity index (χ1n) is 5.19. The summed E-state index contributed by atoms with van der Waals surface area (Å²) in [6.07, 6.45) is 4.07. The molecule has 0 spiro atoms. The van der Waals surface area contributed by atoms with Crippen LogP contribution in [0.2, 0.25) is 0 Å². The van der Waals surface area contributed by atoms with Crippen molar-refractivity contribution in [2.75, 3.05) is 19.3 Å². The first kappa shape index (κ1) is 13.2. The summed E-state index contributed by atoms with van der Waals surface area (Å²) < 4.78 is 13.5. The van der Waals surface area contributed by atoms with Crippen molar-refractivity contribution in [2.45, 2.75) is 6.42 Å².